The summed E-state index contributed by atoms with van der Waals surface area (Å²) in [6.07, 6.45) is 0. The largest absolute Gasteiger partial charge is 0.480 e. The Morgan fingerprint density at radius 1 is 1.23 bits per heavy atom. The van der Waals surface area contributed by atoms with Crippen molar-refractivity contribution in [2.75, 3.05) is 6.54 Å². The van der Waals surface area contributed by atoms with Crippen molar-refractivity contribution in [3.63, 3.8) is 0 Å². The second-order valence-electron chi connectivity index (χ2n) is 1.05. The van der Waals surface area contributed by atoms with E-state index in [1.54, 1.807) is 0 Å². The number of carboxylic acids is 1. The van der Waals surface area contributed by atoms with Crippen molar-refractivity contribution in [2.24, 2.45) is 5.73 Å². The molecule has 92 valence electrons. The van der Waals surface area contributed by atoms with Crippen molar-refractivity contribution < 1.29 is 61.6 Å². The Morgan fingerprint density at radius 2 is 1.31 bits per heavy atom. The summed E-state index contributed by atoms with van der Waals surface area (Å²) >= 11 is 0. The minimum atomic E-state index is -4.67. The molecule has 0 spiro atoms. The molecule has 0 aromatic heterocycles. The van der Waals surface area contributed by atoms with Crippen LogP contribution < -0.4 is 5.73 Å². The average molecular weight is 337 g/mol. The van der Waals surface area contributed by atoms with Gasteiger partial charge in [-0.15, -0.1) is 12.4 Å². The van der Waals surface area contributed by atoms with Gasteiger partial charge < -0.3 is 10.8 Å². The average Bonchev–Trinajstić information content (AvgIpc) is 1.61. The first kappa shape index (κ1) is 29.2. The van der Waals surface area contributed by atoms with Crippen LogP contribution in [-0.2, 0) is 49.3 Å². The molecule has 0 saturated carbocycles. The summed E-state index contributed by atoms with van der Waals surface area (Å²) in [5, 5.41) is 7.60. The second-order valence-corrected chi connectivity index (χ2v) is 1.94. The number of rotatable bonds is 1. The van der Waals surface area contributed by atoms with Crippen LogP contribution in [0.1, 0.15) is 0 Å². The topological polar surface area (TPSA) is 138 Å². The molecule has 0 saturated heterocycles. The molecule has 0 aromatic carbocycles. The molecule has 0 atom stereocenters. The predicted octanol–water partition coefficient (Wildman–Crippen LogP) is -1.21. The maximum atomic E-state index is 9.24. The first-order valence-corrected chi connectivity index (χ1v) is 3.28. The summed E-state index contributed by atoms with van der Waals surface area (Å²) in [6.45, 7) is -0.278. The fourth-order valence-corrected chi connectivity index (χ4v) is 0. The Bertz CT molecular complexity index is 187. The fraction of sp³-hybridized carbons (Fsp3) is 0.500. The normalized spacial score (nSPS) is 7.31. The molecular weight excluding hydrogens is 329 g/mol. The first-order valence-electron chi connectivity index (χ1n) is 1.89. The third-order valence-corrected chi connectivity index (χ3v) is 0.175. The number of carbonyl (C=O) groups is 1. The Labute approximate surface area is 102 Å². The fourth-order valence-electron chi connectivity index (χ4n) is 0. The number of hydrogen-bond donors (Lipinski definition) is 4. The van der Waals surface area contributed by atoms with Gasteiger partial charge in [-0.2, -0.15) is 8.42 Å². The van der Waals surface area contributed by atoms with Crippen molar-refractivity contribution in [3.8, 4) is 0 Å². The van der Waals surface area contributed by atoms with E-state index in [9.17, 15) is 4.79 Å². The van der Waals surface area contributed by atoms with E-state index in [1.165, 1.54) is 0 Å². The number of hydrogen-bond acceptors (Lipinski definition) is 4. The summed E-state index contributed by atoms with van der Waals surface area (Å²) in [4.78, 5) is 9.24. The van der Waals surface area contributed by atoms with Gasteiger partial charge in [0.1, 0.15) is 0 Å². The van der Waals surface area contributed by atoms with Crippen molar-refractivity contribution in [1.29, 1.82) is 0 Å². The van der Waals surface area contributed by atoms with Gasteiger partial charge in [0.15, 0.2) is 0 Å². The molecule has 0 unspecified atom stereocenters. The molecule has 11 heteroatoms. The number of carboxylic acid groups (broad SMARTS) is 1. The zero-order valence-electron chi connectivity index (χ0n) is 5.77. The third kappa shape index (κ3) is 206. The van der Waals surface area contributed by atoms with Crippen LogP contribution in [0.2, 0.25) is 0 Å². The standard InChI is InChI=1S/C2H5NO2.ClH.2Cu.H2O4S/c3-1-2(4)5;;;;1-5(2,3)4/h1,3H2,(H,4,5);1H;;;(H2,1,2,3,4). The Balaban J connectivity index is -0.0000000267. The molecular formula is C2H8ClCu2NO6S. The second kappa shape index (κ2) is 15.1. The van der Waals surface area contributed by atoms with Gasteiger partial charge in [0, 0.05) is 34.1 Å². The first-order chi connectivity index (χ1) is 4.27. The van der Waals surface area contributed by atoms with Crippen LogP contribution in [-0.4, -0.2) is 35.1 Å². The number of halogens is 1. The smallest absolute Gasteiger partial charge is 0.394 e. The molecule has 0 bridgehead atoms. The molecule has 2 radical (unpaired) electrons. The van der Waals surface area contributed by atoms with Gasteiger partial charge in [0.25, 0.3) is 0 Å². The maximum absolute atomic E-state index is 9.24. The zero-order chi connectivity index (χ0) is 8.78. The summed E-state index contributed by atoms with van der Waals surface area (Å²) in [7, 11) is -4.67. The molecule has 0 rings (SSSR count). The van der Waals surface area contributed by atoms with Crippen LogP contribution in [0, 0.1) is 0 Å². The quantitative estimate of drug-likeness (QED) is 0.348. The third-order valence-electron chi connectivity index (χ3n) is 0.175. The van der Waals surface area contributed by atoms with Crippen LogP contribution >= 0.6 is 12.4 Å². The van der Waals surface area contributed by atoms with E-state index in [4.69, 9.17) is 22.6 Å². The summed E-state index contributed by atoms with van der Waals surface area (Å²) in [5.41, 5.74) is 4.57. The molecule has 5 N–H and O–H groups in total. The SMILES string of the molecule is Cl.NCC(=O)O.O=S(=O)(O)O.[Cu].[Cu]. The van der Waals surface area contributed by atoms with Crippen LogP contribution in [0.4, 0.5) is 0 Å². The Kier molecular flexibility index (Phi) is 33.9. The van der Waals surface area contributed by atoms with E-state index in [-0.39, 0.29) is 53.1 Å². The summed E-state index contributed by atoms with van der Waals surface area (Å²) < 4.78 is 31.6. The predicted molar refractivity (Wildman–Crippen MR) is 38.1 cm³/mol. The van der Waals surface area contributed by atoms with Crippen LogP contribution in [0.15, 0.2) is 0 Å². The molecule has 0 heterocycles. The van der Waals surface area contributed by atoms with Gasteiger partial charge in [-0.1, -0.05) is 0 Å². The molecule has 0 aliphatic rings. The van der Waals surface area contributed by atoms with Crippen LogP contribution in [0.5, 0.6) is 0 Å². The van der Waals surface area contributed by atoms with Crippen molar-refractivity contribution in [3.05, 3.63) is 0 Å². The van der Waals surface area contributed by atoms with Crippen LogP contribution in [0.3, 0.4) is 0 Å². The minimum absolute atomic E-state index is 0. The number of aliphatic carboxylic acids is 1. The summed E-state index contributed by atoms with van der Waals surface area (Å²) in [6, 6.07) is 0. The summed E-state index contributed by atoms with van der Waals surface area (Å²) in [5.74, 6) is -0.968. The molecule has 0 aliphatic carbocycles. The molecule has 0 aromatic rings. The van der Waals surface area contributed by atoms with Gasteiger partial charge in [-0.3, -0.25) is 13.9 Å². The Hall–Kier alpha value is 0.629. The van der Waals surface area contributed by atoms with E-state index in [0.717, 1.165) is 0 Å². The van der Waals surface area contributed by atoms with E-state index >= 15 is 0 Å². The van der Waals surface area contributed by atoms with Crippen molar-refractivity contribution in [2.45, 2.75) is 0 Å². The van der Waals surface area contributed by atoms with Gasteiger partial charge in [-0.05, 0) is 0 Å². The van der Waals surface area contributed by atoms with Crippen LogP contribution in [0.25, 0.3) is 0 Å². The van der Waals surface area contributed by atoms with E-state index in [2.05, 4.69) is 5.73 Å². The van der Waals surface area contributed by atoms with Gasteiger partial charge in [0.2, 0.25) is 0 Å². The van der Waals surface area contributed by atoms with Gasteiger partial charge in [-0.25, -0.2) is 0 Å². The molecule has 0 fully saturated rings. The molecule has 13 heavy (non-hydrogen) atoms. The van der Waals surface area contributed by atoms with Crippen molar-refractivity contribution in [1.82, 2.24) is 0 Å². The van der Waals surface area contributed by atoms with E-state index < -0.39 is 16.4 Å². The zero-order valence-corrected chi connectivity index (χ0v) is 9.29. The minimum Gasteiger partial charge on any atom is -0.480 e. The maximum Gasteiger partial charge on any atom is 0.394 e. The molecule has 0 aliphatic heterocycles. The van der Waals surface area contributed by atoms with Gasteiger partial charge in [0.05, 0.1) is 6.54 Å². The molecule has 7 nitrogen and oxygen atoms in total. The molecule has 0 amide bonds. The van der Waals surface area contributed by atoms with Crippen molar-refractivity contribution >= 4 is 28.8 Å². The number of nitrogens with two attached hydrogens (primary N) is 1. The van der Waals surface area contributed by atoms with E-state index in [1.807, 2.05) is 0 Å². The van der Waals surface area contributed by atoms with E-state index in [0.29, 0.717) is 0 Å². The Morgan fingerprint density at radius 3 is 1.31 bits per heavy atom. The van der Waals surface area contributed by atoms with Gasteiger partial charge >= 0.3 is 16.4 Å². The monoisotopic (exact) mass is 335 g/mol.